The predicted molar refractivity (Wildman–Crippen MR) is 133 cm³/mol. The van der Waals surface area contributed by atoms with Gasteiger partial charge in [0, 0.05) is 18.3 Å². The molecule has 8 heteroatoms. The van der Waals surface area contributed by atoms with Crippen molar-refractivity contribution in [3.8, 4) is 5.75 Å². The van der Waals surface area contributed by atoms with Gasteiger partial charge in [-0.1, -0.05) is 37.6 Å². The van der Waals surface area contributed by atoms with Gasteiger partial charge in [-0.3, -0.25) is 0 Å². The molecule has 2 aliphatic rings. The fourth-order valence-electron chi connectivity index (χ4n) is 4.93. The smallest absolute Gasteiger partial charge is 0.374 e. The molecule has 2 heterocycles. The Kier molecular flexibility index (Phi) is 6.05. The molecular formula is C27H29FN4O3. The van der Waals surface area contributed by atoms with Crippen LogP contribution in [0.25, 0.3) is 16.6 Å². The Morgan fingerprint density at radius 2 is 2.09 bits per heavy atom. The Labute approximate surface area is 203 Å². The van der Waals surface area contributed by atoms with Crippen LogP contribution in [0.4, 0.5) is 10.2 Å². The van der Waals surface area contributed by atoms with E-state index in [0.29, 0.717) is 40.8 Å². The molecule has 7 nitrogen and oxygen atoms in total. The van der Waals surface area contributed by atoms with Crippen molar-refractivity contribution in [2.24, 2.45) is 11.8 Å². The summed E-state index contributed by atoms with van der Waals surface area (Å²) in [6.07, 6.45) is 10.5. The highest BCUT2D eigenvalue weighted by Crippen LogP contribution is 2.36. The van der Waals surface area contributed by atoms with Crippen LogP contribution in [0.2, 0.25) is 0 Å². The van der Waals surface area contributed by atoms with Crippen molar-refractivity contribution in [3.05, 3.63) is 65.4 Å². The van der Waals surface area contributed by atoms with E-state index in [9.17, 15) is 19.4 Å². The minimum absolute atomic E-state index is 0.123. The van der Waals surface area contributed by atoms with Gasteiger partial charge in [0.15, 0.2) is 17.4 Å². The zero-order valence-electron chi connectivity index (χ0n) is 19.8. The lowest BCUT2D eigenvalue weighted by Gasteiger charge is -2.32. The van der Waals surface area contributed by atoms with E-state index in [1.807, 2.05) is 16.7 Å². The normalized spacial score (nSPS) is 18.8. The molecule has 0 amide bonds. The molecule has 1 aromatic carbocycles. The molecule has 1 fully saturated rings. The van der Waals surface area contributed by atoms with Crippen LogP contribution >= 0.6 is 0 Å². The summed E-state index contributed by atoms with van der Waals surface area (Å²) in [5.41, 5.74) is 3.86. The lowest BCUT2D eigenvalue weighted by atomic mass is 9.80. The van der Waals surface area contributed by atoms with Crippen LogP contribution in [0.3, 0.4) is 0 Å². The SMILES string of the molecule is CC1C=CC=C(c2cc3nc(C(=O)O)nc(NC(C)C4CCC4)c3n2Cc2ccc(O)c(F)c2)C1. The van der Waals surface area contributed by atoms with E-state index in [1.165, 1.54) is 18.6 Å². The van der Waals surface area contributed by atoms with Crippen molar-refractivity contribution in [2.45, 2.75) is 52.1 Å². The highest BCUT2D eigenvalue weighted by Gasteiger charge is 2.27. The highest BCUT2D eigenvalue weighted by molar-refractivity contribution is 5.94. The number of aromatic nitrogens is 3. The first kappa shape index (κ1) is 23.1. The quantitative estimate of drug-likeness (QED) is 0.410. The van der Waals surface area contributed by atoms with Crippen molar-refractivity contribution < 1.29 is 19.4 Å². The molecule has 5 rings (SSSR count). The zero-order chi connectivity index (χ0) is 24.7. The van der Waals surface area contributed by atoms with Gasteiger partial charge in [0.05, 0.1) is 5.52 Å². The van der Waals surface area contributed by atoms with Crippen molar-refractivity contribution in [2.75, 3.05) is 5.32 Å². The topological polar surface area (TPSA) is 100 Å². The summed E-state index contributed by atoms with van der Waals surface area (Å²) in [5, 5.41) is 22.8. The Balaban J connectivity index is 1.69. The van der Waals surface area contributed by atoms with E-state index in [2.05, 4.69) is 41.3 Å². The number of rotatable bonds is 7. The Bertz CT molecular complexity index is 1360. The maximum absolute atomic E-state index is 14.2. The molecule has 1 saturated carbocycles. The number of phenolic OH excluding ortho intramolecular Hbond substituents is 1. The number of anilines is 1. The molecular weight excluding hydrogens is 447 g/mol. The number of hydrogen-bond acceptors (Lipinski definition) is 5. The first-order valence-electron chi connectivity index (χ1n) is 12.1. The van der Waals surface area contributed by atoms with Gasteiger partial charge in [-0.2, -0.15) is 0 Å². The molecule has 3 N–H and O–H groups in total. The average Bonchev–Trinajstić information content (AvgIpc) is 3.13. The number of nitrogens with zero attached hydrogens (tertiary/aromatic N) is 3. The fourth-order valence-corrected chi connectivity index (χ4v) is 4.93. The average molecular weight is 477 g/mol. The summed E-state index contributed by atoms with van der Waals surface area (Å²) in [6.45, 7) is 4.55. The van der Waals surface area contributed by atoms with Gasteiger partial charge in [-0.05, 0) is 67.4 Å². The summed E-state index contributed by atoms with van der Waals surface area (Å²) < 4.78 is 16.2. The number of hydrogen-bond donors (Lipinski definition) is 3. The monoisotopic (exact) mass is 476 g/mol. The van der Waals surface area contributed by atoms with Crippen LogP contribution in [-0.2, 0) is 6.54 Å². The van der Waals surface area contributed by atoms with Gasteiger partial charge < -0.3 is 20.1 Å². The Hall–Kier alpha value is -3.68. The number of allylic oxidation sites excluding steroid dienone is 4. The fraction of sp³-hybridized carbons (Fsp3) is 0.370. The van der Waals surface area contributed by atoms with Crippen LogP contribution in [0.15, 0.2) is 42.5 Å². The van der Waals surface area contributed by atoms with E-state index >= 15 is 0 Å². The zero-order valence-corrected chi connectivity index (χ0v) is 19.8. The van der Waals surface area contributed by atoms with Gasteiger partial charge >= 0.3 is 5.97 Å². The third-order valence-electron chi connectivity index (χ3n) is 7.12. The Morgan fingerprint density at radius 1 is 1.29 bits per heavy atom. The number of aromatic hydroxyl groups is 1. The van der Waals surface area contributed by atoms with Crippen molar-refractivity contribution in [3.63, 3.8) is 0 Å². The van der Waals surface area contributed by atoms with Crippen LogP contribution < -0.4 is 5.32 Å². The van der Waals surface area contributed by atoms with Gasteiger partial charge in [0.25, 0.3) is 0 Å². The first-order valence-corrected chi connectivity index (χ1v) is 12.1. The Morgan fingerprint density at radius 3 is 2.74 bits per heavy atom. The number of fused-ring (bicyclic) bond motifs is 1. The molecule has 182 valence electrons. The molecule has 0 spiro atoms. The minimum atomic E-state index is -1.19. The summed E-state index contributed by atoms with van der Waals surface area (Å²) >= 11 is 0. The van der Waals surface area contributed by atoms with Crippen LogP contribution in [0.5, 0.6) is 5.75 Å². The standard InChI is InChI=1S/C27H29FN4O3/c1-15-5-3-8-19(11-15)22-13-21-24(32(22)14-17-9-10-23(33)20(28)12-17)25(31-26(30-21)27(34)35)29-16(2)18-6-4-7-18/h3,5,8-10,12-13,15-16,18,33H,4,6-7,11,14H2,1-2H3,(H,34,35)(H,29,30,31). The van der Waals surface area contributed by atoms with Gasteiger partial charge in [0.1, 0.15) is 5.52 Å². The van der Waals surface area contributed by atoms with Crippen molar-refractivity contribution in [1.29, 1.82) is 0 Å². The second-order valence-corrected chi connectivity index (χ2v) is 9.72. The number of benzene rings is 1. The summed E-state index contributed by atoms with van der Waals surface area (Å²) in [7, 11) is 0. The predicted octanol–water partition coefficient (Wildman–Crippen LogP) is 5.60. The number of carbonyl (C=O) groups is 1. The third-order valence-corrected chi connectivity index (χ3v) is 7.12. The van der Waals surface area contributed by atoms with Crippen LogP contribution in [0.1, 0.15) is 61.4 Å². The van der Waals surface area contributed by atoms with Crippen molar-refractivity contribution >= 4 is 28.4 Å². The van der Waals surface area contributed by atoms with E-state index in [-0.39, 0.29) is 11.9 Å². The number of phenols is 1. The molecule has 2 atom stereocenters. The second kappa shape index (κ2) is 9.17. The first-order chi connectivity index (χ1) is 16.8. The molecule has 0 bridgehead atoms. The number of carboxylic acid groups (broad SMARTS) is 1. The maximum Gasteiger partial charge on any atom is 0.374 e. The molecule has 0 radical (unpaired) electrons. The van der Waals surface area contributed by atoms with E-state index in [0.717, 1.165) is 30.5 Å². The number of nitrogens with one attached hydrogen (secondary N) is 1. The lowest BCUT2D eigenvalue weighted by molar-refractivity contribution is 0.0684. The molecule has 2 aliphatic carbocycles. The molecule has 35 heavy (non-hydrogen) atoms. The summed E-state index contributed by atoms with van der Waals surface area (Å²) in [4.78, 5) is 20.6. The molecule has 3 aromatic rings. The summed E-state index contributed by atoms with van der Waals surface area (Å²) in [6, 6.07) is 6.37. The van der Waals surface area contributed by atoms with E-state index in [4.69, 9.17) is 0 Å². The molecule has 0 aliphatic heterocycles. The van der Waals surface area contributed by atoms with E-state index < -0.39 is 17.5 Å². The van der Waals surface area contributed by atoms with Gasteiger partial charge in [-0.15, -0.1) is 0 Å². The van der Waals surface area contributed by atoms with Gasteiger partial charge in [-0.25, -0.2) is 19.2 Å². The lowest BCUT2D eigenvalue weighted by Crippen LogP contribution is -2.31. The number of halogens is 1. The number of aromatic carboxylic acids is 1. The summed E-state index contributed by atoms with van der Waals surface area (Å²) in [5.74, 6) is -1.20. The van der Waals surface area contributed by atoms with Gasteiger partial charge in [0.2, 0.25) is 5.82 Å². The number of carboxylic acids is 1. The second-order valence-electron chi connectivity index (χ2n) is 9.72. The largest absolute Gasteiger partial charge is 0.505 e. The van der Waals surface area contributed by atoms with Crippen LogP contribution in [-0.4, -0.2) is 36.8 Å². The minimum Gasteiger partial charge on any atom is -0.505 e. The molecule has 2 aromatic heterocycles. The highest BCUT2D eigenvalue weighted by atomic mass is 19.1. The molecule has 0 saturated heterocycles. The molecule has 2 unspecified atom stereocenters. The van der Waals surface area contributed by atoms with Crippen molar-refractivity contribution in [1.82, 2.24) is 14.5 Å². The third kappa shape index (κ3) is 4.52. The van der Waals surface area contributed by atoms with E-state index in [1.54, 1.807) is 6.07 Å². The maximum atomic E-state index is 14.2. The van der Waals surface area contributed by atoms with Crippen LogP contribution in [0, 0.1) is 17.7 Å².